The van der Waals surface area contributed by atoms with Crippen LogP contribution in [0.25, 0.3) is 0 Å². The van der Waals surface area contributed by atoms with E-state index in [1.165, 1.54) is 30.5 Å². The summed E-state index contributed by atoms with van der Waals surface area (Å²) >= 11 is 0. The molecule has 0 aliphatic heterocycles. The Kier molecular flexibility index (Phi) is 5.53. The van der Waals surface area contributed by atoms with Gasteiger partial charge in [0.2, 0.25) is 0 Å². The van der Waals surface area contributed by atoms with Crippen LogP contribution in [-0.2, 0) is 20.0 Å². The van der Waals surface area contributed by atoms with E-state index < -0.39 is 0 Å². The first-order chi connectivity index (χ1) is 7.67. The van der Waals surface area contributed by atoms with Gasteiger partial charge < -0.3 is 5.32 Å². The fourth-order valence-corrected chi connectivity index (χ4v) is 1.93. The lowest BCUT2D eigenvalue weighted by atomic mass is 10.1. The van der Waals surface area contributed by atoms with E-state index in [0.717, 1.165) is 13.0 Å². The number of aromatic nitrogens is 2. The molecule has 0 fully saturated rings. The van der Waals surface area contributed by atoms with Crippen LogP contribution in [0.5, 0.6) is 0 Å². The van der Waals surface area contributed by atoms with Crippen molar-refractivity contribution in [3.05, 3.63) is 17.5 Å². The minimum absolute atomic E-state index is 0.602. The highest BCUT2D eigenvalue weighted by molar-refractivity contribution is 5.16. The lowest BCUT2D eigenvalue weighted by molar-refractivity contribution is 0.494. The quantitative estimate of drug-likeness (QED) is 0.770. The molecule has 16 heavy (non-hydrogen) atoms. The SMILES string of the molecule is CCCCC(C)NCc1cn(C)nc1CC. The Bertz CT molecular complexity index is 304. The molecule has 1 N–H and O–H groups in total. The van der Waals surface area contributed by atoms with Crippen LogP contribution in [0.1, 0.15) is 51.3 Å². The molecule has 3 heteroatoms. The number of nitrogens with zero attached hydrogens (tertiary/aromatic N) is 2. The number of hydrogen-bond donors (Lipinski definition) is 1. The zero-order valence-electron chi connectivity index (χ0n) is 11.1. The molecule has 0 bridgehead atoms. The molecule has 3 nitrogen and oxygen atoms in total. The van der Waals surface area contributed by atoms with Crippen molar-refractivity contribution in [1.29, 1.82) is 0 Å². The zero-order valence-corrected chi connectivity index (χ0v) is 11.1. The van der Waals surface area contributed by atoms with E-state index >= 15 is 0 Å². The van der Waals surface area contributed by atoms with E-state index in [-0.39, 0.29) is 0 Å². The minimum Gasteiger partial charge on any atom is -0.310 e. The van der Waals surface area contributed by atoms with E-state index in [1.54, 1.807) is 0 Å². The maximum absolute atomic E-state index is 4.45. The van der Waals surface area contributed by atoms with Gasteiger partial charge in [-0.3, -0.25) is 4.68 Å². The molecule has 0 aliphatic carbocycles. The molecular formula is C13H25N3. The number of nitrogens with one attached hydrogen (secondary N) is 1. The molecule has 1 aromatic heterocycles. The first-order valence-electron chi connectivity index (χ1n) is 6.42. The highest BCUT2D eigenvalue weighted by atomic mass is 15.3. The normalized spacial score (nSPS) is 13.0. The maximum atomic E-state index is 4.45. The fraction of sp³-hybridized carbons (Fsp3) is 0.769. The Balaban J connectivity index is 2.41. The summed E-state index contributed by atoms with van der Waals surface area (Å²) in [6, 6.07) is 0.602. The highest BCUT2D eigenvalue weighted by Gasteiger charge is 2.07. The molecule has 1 heterocycles. The van der Waals surface area contributed by atoms with Gasteiger partial charge in [0.05, 0.1) is 5.69 Å². The third kappa shape index (κ3) is 3.97. The molecule has 0 aromatic carbocycles. The van der Waals surface area contributed by atoms with Gasteiger partial charge in [-0.2, -0.15) is 5.10 Å². The van der Waals surface area contributed by atoms with Gasteiger partial charge in [0.15, 0.2) is 0 Å². The third-order valence-electron chi connectivity index (χ3n) is 2.96. The standard InChI is InChI=1S/C13H25N3/c1-5-7-8-11(3)14-9-12-10-16(4)15-13(12)6-2/h10-11,14H,5-9H2,1-4H3. The van der Waals surface area contributed by atoms with Gasteiger partial charge >= 0.3 is 0 Å². The monoisotopic (exact) mass is 223 g/mol. The third-order valence-corrected chi connectivity index (χ3v) is 2.96. The Morgan fingerprint density at radius 3 is 2.81 bits per heavy atom. The molecule has 0 aliphatic rings. The number of aryl methyl sites for hydroxylation is 2. The summed E-state index contributed by atoms with van der Waals surface area (Å²) < 4.78 is 1.91. The van der Waals surface area contributed by atoms with Gasteiger partial charge in [-0.1, -0.05) is 26.7 Å². The van der Waals surface area contributed by atoms with Crippen molar-refractivity contribution in [2.24, 2.45) is 7.05 Å². The molecule has 1 aromatic rings. The largest absolute Gasteiger partial charge is 0.310 e. The van der Waals surface area contributed by atoms with E-state index in [2.05, 4.69) is 37.4 Å². The first kappa shape index (κ1) is 13.2. The van der Waals surface area contributed by atoms with Crippen molar-refractivity contribution >= 4 is 0 Å². The predicted molar refractivity (Wildman–Crippen MR) is 68.4 cm³/mol. The summed E-state index contributed by atoms with van der Waals surface area (Å²) in [7, 11) is 1.99. The number of rotatable bonds is 7. The van der Waals surface area contributed by atoms with Crippen LogP contribution in [0, 0.1) is 0 Å². The predicted octanol–water partition coefficient (Wildman–Crippen LogP) is 2.65. The lowest BCUT2D eigenvalue weighted by Crippen LogP contribution is -2.25. The summed E-state index contributed by atoms with van der Waals surface area (Å²) in [4.78, 5) is 0. The van der Waals surface area contributed by atoms with Gasteiger partial charge in [0.1, 0.15) is 0 Å². The highest BCUT2D eigenvalue weighted by Crippen LogP contribution is 2.08. The maximum Gasteiger partial charge on any atom is 0.0666 e. The van der Waals surface area contributed by atoms with Crippen LogP contribution in [0.2, 0.25) is 0 Å². The van der Waals surface area contributed by atoms with Crippen molar-refractivity contribution in [2.45, 2.75) is 59.0 Å². The average Bonchev–Trinajstić information content (AvgIpc) is 2.64. The van der Waals surface area contributed by atoms with E-state index in [4.69, 9.17) is 0 Å². The molecule has 0 spiro atoms. The van der Waals surface area contributed by atoms with Gasteiger partial charge in [-0.15, -0.1) is 0 Å². The topological polar surface area (TPSA) is 29.9 Å². The number of hydrogen-bond acceptors (Lipinski definition) is 2. The van der Waals surface area contributed by atoms with E-state index in [0.29, 0.717) is 6.04 Å². The molecular weight excluding hydrogens is 198 g/mol. The Hall–Kier alpha value is -0.830. The van der Waals surface area contributed by atoms with Crippen molar-refractivity contribution in [1.82, 2.24) is 15.1 Å². The van der Waals surface area contributed by atoms with Gasteiger partial charge in [0, 0.05) is 31.4 Å². The second kappa shape index (κ2) is 6.69. The van der Waals surface area contributed by atoms with E-state index in [9.17, 15) is 0 Å². The van der Waals surface area contributed by atoms with E-state index in [1.807, 2.05) is 11.7 Å². The Labute approximate surface area is 99.2 Å². The molecule has 1 unspecified atom stereocenters. The molecule has 1 rings (SSSR count). The first-order valence-corrected chi connectivity index (χ1v) is 6.42. The molecule has 1 atom stereocenters. The van der Waals surface area contributed by atoms with Crippen LogP contribution < -0.4 is 5.32 Å². The summed E-state index contributed by atoms with van der Waals surface area (Å²) in [5.41, 5.74) is 2.56. The second-order valence-electron chi connectivity index (χ2n) is 4.55. The van der Waals surface area contributed by atoms with Gasteiger partial charge in [-0.25, -0.2) is 0 Å². The van der Waals surface area contributed by atoms with Crippen LogP contribution in [0.15, 0.2) is 6.20 Å². The van der Waals surface area contributed by atoms with Crippen LogP contribution >= 0.6 is 0 Å². The Morgan fingerprint density at radius 1 is 1.44 bits per heavy atom. The molecule has 0 amide bonds. The Morgan fingerprint density at radius 2 is 2.19 bits per heavy atom. The van der Waals surface area contributed by atoms with Crippen LogP contribution in [-0.4, -0.2) is 15.8 Å². The van der Waals surface area contributed by atoms with Crippen molar-refractivity contribution in [3.8, 4) is 0 Å². The number of unbranched alkanes of at least 4 members (excludes halogenated alkanes) is 1. The van der Waals surface area contributed by atoms with Crippen LogP contribution in [0.3, 0.4) is 0 Å². The minimum atomic E-state index is 0.602. The second-order valence-corrected chi connectivity index (χ2v) is 4.55. The van der Waals surface area contributed by atoms with Crippen LogP contribution in [0.4, 0.5) is 0 Å². The summed E-state index contributed by atoms with van der Waals surface area (Å²) in [5.74, 6) is 0. The summed E-state index contributed by atoms with van der Waals surface area (Å²) in [6.07, 6.45) is 6.98. The van der Waals surface area contributed by atoms with Crippen molar-refractivity contribution < 1.29 is 0 Å². The lowest BCUT2D eigenvalue weighted by Gasteiger charge is -2.12. The smallest absolute Gasteiger partial charge is 0.0666 e. The average molecular weight is 223 g/mol. The zero-order chi connectivity index (χ0) is 12.0. The van der Waals surface area contributed by atoms with Gasteiger partial charge in [-0.05, 0) is 19.8 Å². The molecule has 92 valence electrons. The van der Waals surface area contributed by atoms with Crippen molar-refractivity contribution in [2.75, 3.05) is 0 Å². The summed E-state index contributed by atoms with van der Waals surface area (Å²) in [6.45, 7) is 7.61. The molecule has 0 saturated carbocycles. The fourth-order valence-electron chi connectivity index (χ4n) is 1.93. The molecule has 0 saturated heterocycles. The molecule has 0 radical (unpaired) electrons. The van der Waals surface area contributed by atoms with Crippen molar-refractivity contribution in [3.63, 3.8) is 0 Å². The van der Waals surface area contributed by atoms with Gasteiger partial charge in [0.25, 0.3) is 0 Å². The summed E-state index contributed by atoms with van der Waals surface area (Å²) in [5, 5.41) is 8.01.